The van der Waals surface area contributed by atoms with Gasteiger partial charge in [-0.15, -0.1) is 0 Å². The maximum atomic E-state index is 12.0. The molecule has 0 radical (unpaired) electrons. The van der Waals surface area contributed by atoms with E-state index in [9.17, 15) is 4.79 Å². The number of benzene rings is 2. The van der Waals surface area contributed by atoms with Crippen molar-refractivity contribution in [1.29, 1.82) is 0 Å². The zero-order chi connectivity index (χ0) is 17.4. The van der Waals surface area contributed by atoms with Gasteiger partial charge in [0.15, 0.2) is 6.61 Å². The van der Waals surface area contributed by atoms with E-state index in [4.69, 9.17) is 21.1 Å². The molecule has 2 aromatic rings. The highest BCUT2D eigenvalue weighted by molar-refractivity contribution is 6.31. The first-order chi connectivity index (χ1) is 11.6. The topological polar surface area (TPSA) is 47.6 Å². The number of carbonyl (C=O) groups is 1. The van der Waals surface area contributed by atoms with E-state index >= 15 is 0 Å². The van der Waals surface area contributed by atoms with Crippen molar-refractivity contribution in [1.82, 2.24) is 5.32 Å². The molecule has 0 fully saturated rings. The Kier molecular flexibility index (Phi) is 7.09. The Morgan fingerprint density at radius 2 is 1.88 bits per heavy atom. The van der Waals surface area contributed by atoms with E-state index in [1.807, 2.05) is 37.3 Å². The molecule has 0 heterocycles. The summed E-state index contributed by atoms with van der Waals surface area (Å²) in [5.41, 5.74) is 3.10. The van der Waals surface area contributed by atoms with E-state index in [1.54, 1.807) is 19.2 Å². The van der Waals surface area contributed by atoms with Crippen LogP contribution in [0.1, 0.15) is 23.6 Å². The summed E-state index contributed by atoms with van der Waals surface area (Å²) >= 11 is 6.07. The van der Waals surface area contributed by atoms with E-state index in [2.05, 4.69) is 5.32 Å². The van der Waals surface area contributed by atoms with Gasteiger partial charge in [-0.2, -0.15) is 0 Å². The first-order valence-corrected chi connectivity index (χ1v) is 8.25. The second-order valence-electron chi connectivity index (χ2n) is 5.37. The minimum absolute atomic E-state index is 0.0305. The van der Waals surface area contributed by atoms with Crippen molar-refractivity contribution in [3.8, 4) is 5.75 Å². The maximum Gasteiger partial charge on any atom is 0.258 e. The molecule has 0 aliphatic rings. The molecular weight excluding hydrogens is 326 g/mol. The smallest absolute Gasteiger partial charge is 0.258 e. The number of methoxy groups -OCH3 is 1. The number of halogens is 1. The number of nitrogens with one attached hydrogen (secondary N) is 1. The van der Waals surface area contributed by atoms with Crippen LogP contribution in [0.3, 0.4) is 0 Å². The molecule has 1 amide bonds. The summed E-state index contributed by atoms with van der Waals surface area (Å²) in [5, 5.41) is 3.57. The quantitative estimate of drug-likeness (QED) is 0.791. The standard InChI is InChI=1S/C19H22ClNO3/c1-3-14-10-17(8-9-18(14)20)24-13-19(22)21-11-15-6-4-5-7-16(15)12-23-2/h4-10H,3,11-13H2,1-2H3,(H,21,22). The van der Waals surface area contributed by atoms with Crippen molar-refractivity contribution >= 4 is 17.5 Å². The van der Waals surface area contributed by atoms with Crippen LogP contribution in [-0.2, 0) is 29.1 Å². The highest BCUT2D eigenvalue weighted by atomic mass is 35.5. The third-order valence-electron chi connectivity index (χ3n) is 3.66. The van der Waals surface area contributed by atoms with E-state index in [-0.39, 0.29) is 12.5 Å². The fourth-order valence-corrected chi connectivity index (χ4v) is 2.58. The van der Waals surface area contributed by atoms with Gasteiger partial charge in [-0.3, -0.25) is 4.79 Å². The van der Waals surface area contributed by atoms with E-state index in [0.29, 0.717) is 23.9 Å². The van der Waals surface area contributed by atoms with Gasteiger partial charge in [-0.25, -0.2) is 0 Å². The molecule has 0 atom stereocenters. The Morgan fingerprint density at radius 1 is 1.12 bits per heavy atom. The van der Waals surface area contributed by atoms with E-state index < -0.39 is 0 Å². The molecule has 5 heteroatoms. The van der Waals surface area contributed by atoms with Crippen molar-refractivity contribution in [2.24, 2.45) is 0 Å². The number of amides is 1. The first-order valence-electron chi connectivity index (χ1n) is 7.87. The van der Waals surface area contributed by atoms with Gasteiger partial charge >= 0.3 is 0 Å². The second kappa shape index (κ2) is 9.30. The van der Waals surface area contributed by atoms with Crippen LogP contribution < -0.4 is 10.1 Å². The Bertz CT molecular complexity index is 688. The third-order valence-corrected chi connectivity index (χ3v) is 4.03. The van der Waals surface area contributed by atoms with E-state index in [1.165, 1.54) is 0 Å². The van der Waals surface area contributed by atoms with Crippen LogP contribution in [0.2, 0.25) is 5.02 Å². The van der Waals surface area contributed by atoms with Crippen LogP contribution >= 0.6 is 11.6 Å². The lowest BCUT2D eigenvalue weighted by Crippen LogP contribution is -2.28. The zero-order valence-electron chi connectivity index (χ0n) is 14.0. The summed E-state index contributed by atoms with van der Waals surface area (Å²) < 4.78 is 10.7. The SMILES string of the molecule is CCc1cc(OCC(=O)NCc2ccccc2COC)ccc1Cl. The van der Waals surface area contributed by atoms with Crippen molar-refractivity contribution in [3.63, 3.8) is 0 Å². The van der Waals surface area contributed by atoms with Gasteiger partial charge in [0, 0.05) is 18.7 Å². The van der Waals surface area contributed by atoms with Crippen LogP contribution in [0.25, 0.3) is 0 Å². The van der Waals surface area contributed by atoms with Crippen molar-refractivity contribution in [3.05, 3.63) is 64.2 Å². The van der Waals surface area contributed by atoms with Crippen LogP contribution in [-0.4, -0.2) is 19.6 Å². The lowest BCUT2D eigenvalue weighted by molar-refractivity contribution is -0.123. The molecule has 1 N–H and O–H groups in total. The average molecular weight is 348 g/mol. The molecule has 0 aliphatic heterocycles. The summed E-state index contributed by atoms with van der Waals surface area (Å²) in [4.78, 5) is 12.0. The molecule has 2 rings (SSSR count). The molecule has 0 spiro atoms. The number of aryl methyl sites for hydroxylation is 1. The van der Waals surface area contributed by atoms with Crippen molar-refractivity contribution in [2.45, 2.75) is 26.5 Å². The monoisotopic (exact) mass is 347 g/mol. The highest BCUT2D eigenvalue weighted by Crippen LogP contribution is 2.22. The minimum atomic E-state index is -0.171. The Hall–Kier alpha value is -2.04. The number of hydrogen-bond acceptors (Lipinski definition) is 3. The summed E-state index contributed by atoms with van der Waals surface area (Å²) in [6.07, 6.45) is 0.818. The number of hydrogen-bond donors (Lipinski definition) is 1. The predicted molar refractivity (Wildman–Crippen MR) is 95.3 cm³/mol. The summed E-state index contributed by atoms with van der Waals surface area (Å²) in [5.74, 6) is 0.474. The molecule has 2 aromatic carbocycles. The number of carbonyl (C=O) groups excluding carboxylic acids is 1. The fourth-order valence-electron chi connectivity index (χ4n) is 2.33. The number of rotatable bonds is 8. The van der Waals surface area contributed by atoms with Gasteiger partial charge in [0.25, 0.3) is 5.91 Å². The van der Waals surface area contributed by atoms with Gasteiger partial charge in [-0.1, -0.05) is 42.8 Å². The third kappa shape index (κ3) is 5.25. The van der Waals surface area contributed by atoms with Crippen molar-refractivity contribution < 1.29 is 14.3 Å². The van der Waals surface area contributed by atoms with Crippen molar-refractivity contribution in [2.75, 3.05) is 13.7 Å². The van der Waals surface area contributed by atoms with Gasteiger partial charge in [0.1, 0.15) is 5.75 Å². The molecule has 0 saturated heterocycles. The highest BCUT2D eigenvalue weighted by Gasteiger charge is 2.07. The lowest BCUT2D eigenvalue weighted by Gasteiger charge is -2.11. The molecule has 0 unspecified atom stereocenters. The Morgan fingerprint density at radius 3 is 2.58 bits per heavy atom. The Balaban J connectivity index is 1.86. The van der Waals surface area contributed by atoms with Crippen LogP contribution in [0.4, 0.5) is 0 Å². The van der Waals surface area contributed by atoms with Crippen LogP contribution in [0.15, 0.2) is 42.5 Å². The normalized spacial score (nSPS) is 10.5. The van der Waals surface area contributed by atoms with Crippen LogP contribution in [0, 0.1) is 0 Å². The van der Waals surface area contributed by atoms with Gasteiger partial charge in [0.2, 0.25) is 0 Å². The summed E-state index contributed by atoms with van der Waals surface area (Å²) in [6, 6.07) is 13.3. The zero-order valence-corrected chi connectivity index (χ0v) is 14.7. The van der Waals surface area contributed by atoms with Gasteiger partial charge in [-0.05, 0) is 41.3 Å². The van der Waals surface area contributed by atoms with Gasteiger partial charge in [0.05, 0.1) is 6.61 Å². The van der Waals surface area contributed by atoms with E-state index in [0.717, 1.165) is 23.1 Å². The molecule has 128 valence electrons. The molecule has 0 aliphatic carbocycles. The molecule has 0 bridgehead atoms. The largest absolute Gasteiger partial charge is 0.484 e. The second-order valence-corrected chi connectivity index (χ2v) is 5.78. The lowest BCUT2D eigenvalue weighted by atomic mass is 10.1. The molecule has 4 nitrogen and oxygen atoms in total. The maximum absolute atomic E-state index is 12.0. The predicted octanol–water partition coefficient (Wildman–Crippen LogP) is 3.74. The molecule has 0 aromatic heterocycles. The summed E-state index contributed by atoms with van der Waals surface area (Å²) in [7, 11) is 1.65. The summed E-state index contributed by atoms with van der Waals surface area (Å²) in [6.45, 7) is 2.96. The number of ether oxygens (including phenoxy) is 2. The first kappa shape index (κ1) is 18.3. The fraction of sp³-hybridized carbons (Fsp3) is 0.316. The van der Waals surface area contributed by atoms with Gasteiger partial charge < -0.3 is 14.8 Å². The molecule has 24 heavy (non-hydrogen) atoms. The average Bonchev–Trinajstić information content (AvgIpc) is 2.60. The van der Waals surface area contributed by atoms with Crippen LogP contribution in [0.5, 0.6) is 5.75 Å². The minimum Gasteiger partial charge on any atom is -0.484 e. The molecule has 0 saturated carbocycles. The Labute approximate surface area is 147 Å². The molecular formula is C19H22ClNO3.